The molecule has 2 aliphatic heterocycles. The van der Waals surface area contributed by atoms with E-state index in [1.54, 1.807) is 6.92 Å². The van der Waals surface area contributed by atoms with E-state index in [4.69, 9.17) is 14.2 Å². The van der Waals surface area contributed by atoms with Crippen molar-refractivity contribution < 1.29 is 63.3 Å². The molecule has 0 saturated carbocycles. The predicted molar refractivity (Wildman–Crippen MR) is 171 cm³/mol. The summed E-state index contributed by atoms with van der Waals surface area (Å²) < 4.78 is 141. The first-order chi connectivity index (χ1) is 25.2. The van der Waals surface area contributed by atoms with Gasteiger partial charge in [0.2, 0.25) is 5.95 Å². The number of hydrogen-bond acceptors (Lipinski definition) is 9. The monoisotopic (exact) mass is 769 g/mol. The molecule has 2 aliphatic rings. The van der Waals surface area contributed by atoms with Gasteiger partial charge >= 0.3 is 24.4 Å². The lowest BCUT2D eigenvalue weighted by molar-refractivity contribution is -0.143. The number of anilines is 1. The lowest BCUT2D eigenvalue weighted by atomic mass is 9.95. The number of alkyl halides is 8. The van der Waals surface area contributed by atoms with Gasteiger partial charge in [0.05, 0.1) is 56.7 Å². The number of amides is 1. The molecule has 1 amide bonds. The highest BCUT2D eigenvalue weighted by atomic mass is 19.4. The third-order valence-electron chi connectivity index (χ3n) is 9.01. The standard InChI is InChI=1S/C35H28F9N5O5/c1-16-5-26(30(50)53-4)45-11-23(16)21-9-22(28(52-3)10-25(21)36)24-12-46-31(48-14-33(37,38)15-48)47-27(24)13-49-17(2)29(54-32(49)51)18-6-19(34(39,40)41)8-20(7-18)35(42,43)44/h5-12,17,29H,13-15H2,1-4H3/t17?,29-/m0/s1. The fourth-order valence-corrected chi connectivity index (χ4v) is 6.22. The van der Waals surface area contributed by atoms with Crippen molar-refractivity contribution in [2.24, 2.45) is 0 Å². The lowest BCUT2D eigenvalue weighted by Gasteiger charge is -2.38. The Bertz CT molecular complexity index is 2100. The summed E-state index contributed by atoms with van der Waals surface area (Å²) in [4.78, 5) is 40.2. The van der Waals surface area contributed by atoms with E-state index >= 15 is 4.39 Å². The Morgan fingerprint density at radius 2 is 1.54 bits per heavy atom. The maximum atomic E-state index is 15.6. The van der Waals surface area contributed by atoms with E-state index in [1.807, 2.05) is 0 Å². The molecule has 0 radical (unpaired) electrons. The van der Waals surface area contributed by atoms with Gasteiger partial charge in [-0.25, -0.2) is 37.7 Å². The minimum absolute atomic E-state index is 0.0244. The quantitative estimate of drug-likeness (QED) is 0.130. The van der Waals surface area contributed by atoms with E-state index in [2.05, 4.69) is 15.0 Å². The highest BCUT2D eigenvalue weighted by molar-refractivity contribution is 5.88. The Hall–Kier alpha value is -5.62. The number of aryl methyl sites for hydroxylation is 1. The molecule has 2 aromatic heterocycles. The second kappa shape index (κ2) is 13.7. The number of hydrogen-bond donors (Lipinski definition) is 0. The minimum Gasteiger partial charge on any atom is -0.496 e. The second-order valence-corrected chi connectivity index (χ2v) is 12.7. The molecule has 54 heavy (non-hydrogen) atoms. The highest BCUT2D eigenvalue weighted by Crippen LogP contribution is 2.43. The average Bonchev–Trinajstić information content (AvgIpc) is 3.37. The van der Waals surface area contributed by atoms with E-state index in [1.165, 1.54) is 45.7 Å². The van der Waals surface area contributed by atoms with Crippen molar-refractivity contribution in [3.05, 3.63) is 88.3 Å². The molecule has 4 heterocycles. The Labute approximate surface area is 300 Å². The number of benzene rings is 2. The Balaban J connectivity index is 1.43. The third-order valence-corrected chi connectivity index (χ3v) is 9.01. The highest BCUT2D eigenvalue weighted by Gasteiger charge is 2.46. The van der Waals surface area contributed by atoms with Crippen molar-refractivity contribution in [2.75, 3.05) is 32.2 Å². The molecule has 19 heteroatoms. The van der Waals surface area contributed by atoms with E-state index in [-0.39, 0.29) is 51.4 Å². The van der Waals surface area contributed by atoms with Crippen LogP contribution >= 0.6 is 0 Å². The fraction of sp³-hybridized carbons (Fsp3) is 0.343. The van der Waals surface area contributed by atoms with Crippen LogP contribution in [0.25, 0.3) is 22.3 Å². The van der Waals surface area contributed by atoms with E-state index in [9.17, 15) is 44.7 Å². The van der Waals surface area contributed by atoms with E-state index < -0.39 is 84.6 Å². The van der Waals surface area contributed by atoms with Crippen molar-refractivity contribution in [2.45, 2.75) is 50.8 Å². The number of methoxy groups -OCH3 is 2. The molecule has 1 unspecified atom stereocenters. The number of carbonyl (C=O) groups is 2. The first kappa shape index (κ1) is 38.1. The predicted octanol–water partition coefficient (Wildman–Crippen LogP) is 8.02. The topological polar surface area (TPSA) is 107 Å². The molecule has 10 nitrogen and oxygen atoms in total. The molecule has 0 N–H and O–H groups in total. The third kappa shape index (κ3) is 7.30. The van der Waals surface area contributed by atoms with Gasteiger partial charge in [-0.15, -0.1) is 0 Å². The minimum atomic E-state index is -5.16. The maximum absolute atomic E-state index is 15.6. The first-order valence-corrected chi connectivity index (χ1v) is 15.9. The number of esters is 1. The number of ether oxygens (including phenoxy) is 3. The van der Waals surface area contributed by atoms with Gasteiger partial charge in [-0.1, -0.05) is 0 Å². The smallest absolute Gasteiger partial charge is 0.416 e. The van der Waals surface area contributed by atoms with Crippen LogP contribution in [0.15, 0.2) is 48.8 Å². The average molecular weight is 770 g/mol. The van der Waals surface area contributed by atoms with Gasteiger partial charge in [0, 0.05) is 40.7 Å². The number of rotatable bonds is 8. The molecule has 4 aromatic rings. The zero-order chi connectivity index (χ0) is 39.5. The van der Waals surface area contributed by atoms with Crippen LogP contribution in [0.2, 0.25) is 0 Å². The van der Waals surface area contributed by atoms with Crippen molar-refractivity contribution in [3.63, 3.8) is 0 Å². The van der Waals surface area contributed by atoms with Gasteiger partial charge in [0.15, 0.2) is 0 Å². The van der Waals surface area contributed by atoms with Crippen LogP contribution in [-0.2, 0) is 28.4 Å². The van der Waals surface area contributed by atoms with Gasteiger partial charge in [0.25, 0.3) is 5.92 Å². The van der Waals surface area contributed by atoms with Crippen molar-refractivity contribution in [3.8, 4) is 28.0 Å². The zero-order valence-corrected chi connectivity index (χ0v) is 28.6. The summed E-state index contributed by atoms with van der Waals surface area (Å²) in [6, 6.07) is 3.47. The van der Waals surface area contributed by atoms with Crippen LogP contribution < -0.4 is 9.64 Å². The SMILES string of the molecule is COC(=O)c1cc(C)c(-c2cc(-c3cnc(N4CC(F)(F)C4)nc3CN3C(=O)O[C@H](c4cc(C(F)(F)F)cc(C(F)(F)F)c4)C3C)c(OC)cc2F)cn1. The lowest BCUT2D eigenvalue weighted by Crippen LogP contribution is -2.57. The normalized spacial score (nSPS) is 18.4. The van der Waals surface area contributed by atoms with Gasteiger partial charge in [-0.3, -0.25) is 4.90 Å². The van der Waals surface area contributed by atoms with Crippen LogP contribution in [0.3, 0.4) is 0 Å². The summed E-state index contributed by atoms with van der Waals surface area (Å²) in [7, 11) is 2.40. The van der Waals surface area contributed by atoms with Crippen molar-refractivity contribution in [1.29, 1.82) is 0 Å². The van der Waals surface area contributed by atoms with Gasteiger partial charge < -0.3 is 19.1 Å². The summed E-state index contributed by atoms with van der Waals surface area (Å²) in [5.74, 6) is -4.77. The Morgan fingerprint density at radius 3 is 2.09 bits per heavy atom. The van der Waals surface area contributed by atoms with Crippen LogP contribution in [0.4, 0.5) is 50.3 Å². The van der Waals surface area contributed by atoms with Crippen LogP contribution in [0, 0.1) is 12.7 Å². The van der Waals surface area contributed by atoms with E-state index in [0.29, 0.717) is 17.7 Å². The molecule has 0 aliphatic carbocycles. The second-order valence-electron chi connectivity index (χ2n) is 12.7. The summed E-state index contributed by atoms with van der Waals surface area (Å²) in [6.07, 6.45) is -10.6. The number of cyclic esters (lactones) is 1. The van der Waals surface area contributed by atoms with Gasteiger partial charge in [-0.2, -0.15) is 26.3 Å². The summed E-state index contributed by atoms with van der Waals surface area (Å²) in [5, 5.41) is 0. The largest absolute Gasteiger partial charge is 0.496 e. The summed E-state index contributed by atoms with van der Waals surface area (Å²) >= 11 is 0. The molecular weight excluding hydrogens is 741 g/mol. The van der Waals surface area contributed by atoms with Crippen LogP contribution in [-0.4, -0.2) is 71.2 Å². The first-order valence-electron chi connectivity index (χ1n) is 15.9. The molecule has 2 atom stereocenters. The molecule has 0 bridgehead atoms. The van der Waals surface area contributed by atoms with Gasteiger partial charge in [0.1, 0.15) is 23.4 Å². The summed E-state index contributed by atoms with van der Waals surface area (Å²) in [5.41, 5.74) is -2.96. The van der Waals surface area contributed by atoms with Crippen molar-refractivity contribution in [1.82, 2.24) is 19.9 Å². The van der Waals surface area contributed by atoms with Gasteiger partial charge in [-0.05, 0) is 55.3 Å². The van der Waals surface area contributed by atoms with Crippen LogP contribution in [0.1, 0.15) is 51.5 Å². The molecule has 2 fully saturated rings. The molecule has 6 rings (SSSR count). The molecule has 286 valence electrons. The molecular formula is C35H28F9N5O5. The van der Waals surface area contributed by atoms with Crippen LogP contribution in [0.5, 0.6) is 5.75 Å². The Morgan fingerprint density at radius 1 is 0.907 bits per heavy atom. The number of nitrogens with zero attached hydrogens (tertiary/aromatic N) is 5. The molecule has 0 spiro atoms. The number of aromatic nitrogens is 3. The maximum Gasteiger partial charge on any atom is 0.416 e. The summed E-state index contributed by atoms with van der Waals surface area (Å²) in [6.45, 7) is 0.958. The van der Waals surface area contributed by atoms with E-state index in [0.717, 1.165) is 15.9 Å². The fourth-order valence-electron chi connectivity index (χ4n) is 6.22. The zero-order valence-electron chi connectivity index (χ0n) is 28.6. The number of pyridine rings is 1. The molecule has 2 aromatic carbocycles. The number of halogens is 9. The molecule has 2 saturated heterocycles. The van der Waals surface area contributed by atoms with Crippen molar-refractivity contribution >= 4 is 18.0 Å². The Kier molecular flexibility index (Phi) is 9.64. The number of carbonyl (C=O) groups excluding carboxylic acids is 2.